The van der Waals surface area contributed by atoms with Gasteiger partial charge in [0.2, 0.25) is 5.91 Å². The second-order valence-electron chi connectivity index (χ2n) is 5.43. The van der Waals surface area contributed by atoms with Crippen LogP contribution in [-0.4, -0.2) is 30.2 Å². The molecule has 0 saturated carbocycles. The fourth-order valence-corrected chi connectivity index (χ4v) is 2.58. The zero-order chi connectivity index (χ0) is 18.9. The van der Waals surface area contributed by atoms with Crippen LogP contribution in [0.15, 0.2) is 47.5 Å². The Morgan fingerprint density at radius 1 is 1.15 bits per heavy atom. The predicted molar refractivity (Wildman–Crippen MR) is 91.7 cm³/mol. The van der Waals surface area contributed by atoms with E-state index in [-0.39, 0.29) is 18.1 Å². The van der Waals surface area contributed by atoms with E-state index in [0.29, 0.717) is 27.5 Å². The van der Waals surface area contributed by atoms with Crippen molar-refractivity contribution in [2.45, 2.75) is 6.18 Å². The second-order valence-corrected chi connectivity index (χ2v) is 5.87. The number of nitrogens with one attached hydrogen (secondary N) is 2. The fourth-order valence-electron chi connectivity index (χ4n) is 2.41. The molecule has 2 N–H and O–H groups in total. The molecule has 0 fully saturated rings. The molecular weight excluding hydrogens is 371 g/mol. The largest absolute Gasteiger partial charge is 0.471 e. The van der Waals surface area contributed by atoms with Crippen LogP contribution < -0.4 is 10.6 Å². The number of carbonyl (C=O) groups excluding carboxylic acids is 2. The Labute approximate surface area is 150 Å². The summed E-state index contributed by atoms with van der Waals surface area (Å²) in [6.07, 6.45) is -4.97. The maximum absolute atomic E-state index is 12.3. The zero-order valence-electron chi connectivity index (χ0n) is 13.0. The average Bonchev–Trinajstić information content (AvgIpc) is 2.73. The van der Waals surface area contributed by atoms with Crippen LogP contribution in [0.5, 0.6) is 0 Å². The predicted octanol–water partition coefficient (Wildman–Crippen LogP) is 3.63. The number of halogens is 4. The number of nitrogens with zero attached hydrogens (tertiary/aromatic N) is 1. The first kappa shape index (κ1) is 17.9. The van der Waals surface area contributed by atoms with Gasteiger partial charge in [-0.15, -0.1) is 0 Å². The van der Waals surface area contributed by atoms with Gasteiger partial charge >= 0.3 is 12.1 Å². The highest BCUT2D eigenvalue weighted by Crippen LogP contribution is 2.27. The third-order valence-corrected chi connectivity index (χ3v) is 3.80. The molecular formula is C17H11ClF3N3O2. The maximum Gasteiger partial charge on any atom is 0.471 e. The molecule has 1 aliphatic rings. The number of rotatable bonds is 2. The first-order valence-corrected chi connectivity index (χ1v) is 7.74. The lowest BCUT2D eigenvalue weighted by Crippen LogP contribution is -2.29. The van der Waals surface area contributed by atoms with E-state index < -0.39 is 12.1 Å². The summed E-state index contributed by atoms with van der Waals surface area (Å²) in [6, 6.07) is 10.6. The Bertz CT molecular complexity index is 908. The summed E-state index contributed by atoms with van der Waals surface area (Å²) in [5.41, 5.74) is 2.15. The first-order valence-electron chi connectivity index (χ1n) is 7.37. The van der Waals surface area contributed by atoms with Crippen LogP contribution in [0, 0.1) is 0 Å². The van der Waals surface area contributed by atoms with Gasteiger partial charge in [-0.3, -0.25) is 14.6 Å². The van der Waals surface area contributed by atoms with Crippen molar-refractivity contribution in [2.24, 2.45) is 4.99 Å². The molecule has 26 heavy (non-hydrogen) atoms. The molecule has 1 heterocycles. The maximum atomic E-state index is 12.3. The van der Waals surface area contributed by atoms with E-state index >= 15 is 0 Å². The van der Waals surface area contributed by atoms with Gasteiger partial charge in [-0.1, -0.05) is 23.7 Å². The molecule has 2 aromatic carbocycles. The topological polar surface area (TPSA) is 70.6 Å². The summed E-state index contributed by atoms with van der Waals surface area (Å²) in [5, 5.41) is 4.92. The van der Waals surface area contributed by atoms with Crippen molar-refractivity contribution in [1.82, 2.24) is 0 Å². The molecule has 0 aliphatic carbocycles. The van der Waals surface area contributed by atoms with Gasteiger partial charge in [-0.05, 0) is 30.3 Å². The molecule has 0 saturated heterocycles. The Balaban J connectivity index is 1.93. The molecule has 0 radical (unpaired) electrons. The normalized spacial score (nSPS) is 14.0. The number of fused-ring (bicyclic) bond motifs is 1. The van der Waals surface area contributed by atoms with Gasteiger partial charge in [0.25, 0.3) is 0 Å². The lowest BCUT2D eigenvalue weighted by atomic mass is 10.0. The van der Waals surface area contributed by atoms with Gasteiger partial charge in [-0.25, -0.2) is 0 Å². The van der Waals surface area contributed by atoms with Gasteiger partial charge in [0.05, 0.1) is 11.4 Å². The molecule has 9 heteroatoms. The molecule has 2 amide bonds. The second kappa shape index (κ2) is 6.80. The highest BCUT2D eigenvalue weighted by Gasteiger charge is 2.38. The summed E-state index contributed by atoms with van der Waals surface area (Å²) in [7, 11) is 0. The highest BCUT2D eigenvalue weighted by atomic mass is 35.5. The average molecular weight is 382 g/mol. The molecule has 134 valence electrons. The SMILES string of the molecule is O=C1CN=C(c2ccc(NC(=O)C(F)(F)F)cc2)c2cc(Cl)ccc2N1. The van der Waals surface area contributed by atoms with E-state index in [0.717, 1.165) is 0 Å². The van der Waals surface area contributed by atoms with Crippen molar-refractivity contribution in [3.05, 3.63) is 58.6 Å². The van der Waals surface area contributed by atoms with Crippen LogP contribution >= 0.6 is 11.6 Å². The van der Waals surface area contributed by atoms with Crippen molar-refractivity contribution in [3.63, 3.8) is 0 Å². The molecule has 0 bridgehead atoms. The van der Waals surface area contributed by atoms with Crippen molar-refractivity contribution in [1.29, 1.82) is 0 Å². The summed E-state index contributed by atoms with van der Waals surface area (Å²) >= 11 is 6.02. The smallest absolute Gasteiger partial charge is 0.324 e. The zero-order valence-corrected chi connectivity index (χ0v) is 13.8. The Morgan fingerprint density at radius 2 is 1.85 bits per heavy atom. The molecule has 3 rings (SSSR count). The quantitative estimate of drug-likeness (QED) is 0.834. The first-order chi connectivity index (χ1) is 12.2. The van der Waals surface area contributed by atoms with E-state index in [1.165, 1.54) is 24.3 Å². The van der Waals surface area contributed by atoms with Crippen molar-refractivity contribution in [2.75, 3.05) is 17.2 Å². The van der Waals surface area contributed by atoms with Crippen LogP contribution in [0.25, 0.3) is 0 Å². The molecule has 1 aliphatic heterocycles. The number of alkyl halides is 3. The van der Waals surface area contributed by atoms with E-state index in [4.69, 9.17) is 11.6 Å². The monoisotopic (exact) mass is 381 g/mol. The van der Waals surface area contributed by atoms with E-state index in [1.54, 1.807) is 23.5 Å². The van der Waals surface area contributed by atoms with Crippen molar-refractivity contribution in [3.8, 4) is 0 Å². The van der Waals surface area contributed by atoms with Gasteiger partial charge < -0.3 is 10.6 Å². The summed E-state index contributed by atoms with van der Waals surface area (Å²) < 4.78 is 36.9. The van der Waals surface area contributed by atoms with Gasteiger partial charge in [0, 0.05) is 21.8 Å². The van der Waals surface area contributed by atoms with E-state index in [2.05, 4.69) is 10.3 Å². The Morgan fingerprint density at radius 3 is 2.50 bits per heavy atom. The van der Waals surface area contributed by atoms with Gasteiger partial charge in [0.1, 0.15) is 6.54 Å². The number of aliphatic imine (C=N–C) groups is 1. The van der Waals surface area contributed by atoms with Gasteiger partial charge in [-0.2, -0.15) is 13.2 Å². The van der Waals surface area contributed by atoms with Crippen LogP contribution in [0.2, 0.25) is 5.02 Å². The highest BCUT2D eigenvalue weighted by molar-refractivity contribution is 6.32. The molecule has 2 aromatic rings. The van der Waals surface area contributed by atoms with Crippen molar-refractivity contribution < 1.29 is 22.8 Å². The minimum absolute atomic E-state index is 0.00850. The lowest BCUT2D eigenvalue weighted by molar-refractivity contribution is -0.167. The number of carbonyl (C=O) groups is 2. The number of hydrogen-bond donors (Lipinski definition) is 2. The summed E-state index contributed by atoms with van der Waals surface area (Å²) in [4.78, 5) is 27.0. The van der Waals surface area contributed by atoms with Crippen LogP contribution in [-0.2, 0) is 9.59 Å². The standard InChI is InChI=1S/C17H11ClF3N3O2/c18-10-3-6-13-12(7-10)15(22-8-14(25)24-13)9-1-4-11(5-2-9)23-16(26)17(19,20)21/h1-7H,8H2,(H,23,26)(H,24,25). The Hall–Kier alpha value is -2.87. The third-order valence-electron chi connectivity index (χ3n) is 3.57. The minimum Gasteiger partial charge on any atom is -0.324 e. The molecule has 0 aromatic heterocycles. The summed E-state index contributed by atoms with van der Waals surface area (Å²) in [5.74, 6) is -2.35. The number of anilines is 2. The van der Waals surface area contributed by atoms with E-state index in [1.807, 2.05) is 0 Å². The Kier molecular flexibility index (Phi) is 4.69. The minimum atomic E-state index is -4.97. The van der Waals surface area contributed by atoms with Crippen LogP contribution in [0.4, 0.5) is 24.5 Å². The third kappa shape index (κ3) is 3.85. The van der Waals surface area contributed by atoms with Crippen molar-refractivity contribution >= 4 is 40.5 Å². The molecule has 0 unspecified atom stereocenters. The lowest BCUT2D eigenvalue weighted by Gasteiger charge is -2.12. The number of hydrogen-bond acceptors (Lipinski definition) is 3. The molecule has 0 atom stereocenters. The molecule has 5 nitrogen and oxygen atoms in total. The number of benzene rings is 2. The van der Waals surface area contributed by atoms with Gasteiger partial charge in [0.15, 0.2) is 0 Å². The fraction of sp³-hybridized carbons (Fsp3) is 0.118. The van der Waals surface area contributed by atoms with Crippen LogP contribution in [0.3, 0.4) is 0 Å². The molecule has 0 spiro atoms. The van der Waals surface area contributed by atoms with E-state index in [9.17, 15) is 22.8 Å². The number of amides is 2. The summed E-state index contributed by atoms with van der Waals surface area (Å²) in [6.45, 7) is -0.103. The number of benzodiazepines with no additional fused rings is 1. The van der Waals surface area contributed by atoms with Crippen LogP contribution in [0.1, 0.15) is 11.1 Å².